The average molecular weight is 375 g/mol. The van der Waals surface area contributed by atoms with Crippen LogP contribution < -0.4 is 19.7 Å². The first-order valence-electron chi connectivity index (χ1n) is 8.80. The maximum atomic E-state index is 12.6. The summed E-state index contributed by atoms with van der Waals surface area (Å²) in [5.41, 5.74) is 3.35. The van der Waals surface area contributed by atoms with Gasteiger partial charge in [-0.1, -0.05) is 24.3 Å². The normalized spacial score (nSPS) is 13.7. The molecule has 0 saturated heterocycles. The second-order valence-corrected chi connectivity index (χ2v) is 6.12. The number of anilines is 1. The number of hydrogen-bond donors (Lipinski definition) is 1. The molecule has 1 aliphatic rings. The van der Waals surface area contributed by atoms with E-state index in [0.717, 1.165) is 24.5 Å². The largest absolute Gasteiger partial charge is 0.493 e. The first-order valence-corrected chi connectivity index (χ1v) is 8.80. The van der Waals surface area contributed by atoms with Crippen LogP contribution in [0.3, 0.4) is 0 Å². The summed E-state index contributed by atoms with van der Waals surface area (Å²) in [4.78, 5) is 6.53. The number of nitrogens with one attached hydrogen (secondary N) is 1. The zero-order valence-corrected chi connectivity index (χ0v) is 15.4. The van der Waals surface area contributed by atoms with E-state index in [1.807, 2.05) is 18.2 Å². The van der Waals surface area contributed by atoms with E-state index in [1.165, 1.54) is 18.4 Å². The van der Waals surface area contributed by atoms with Gasteiger partial charge < -0.3 is 19.7 Å². The molecule has 0 radical (unpaired) electrons. The van der Waals surface area contributed by atoms with Gasteiger partial charge in [-0.3, -0.25) is 4.99 Å². The molecular weight excluding hydrogens is 352 g/mol. The third-order valence-corrected chi connectivity index (χ3v) is 4.50. The van der Waals surface area contributed by atoms with E-state index in [9.17, 15) is 8.78 Å². The Morgan fingerprint density at radius 2 is 2.04 bits per heavy atom. The van der Waals surface area contributed by atoms with Gasteiger partial charge in [-0.05, 0) is 42.2 Å². The van der Waals surface area contributed by atoms with Gasteiger partial charge in [0.2, 0.25) is 0 Å². The predicted molar refractivity (Wildman–Crippen MR) is 102 cm³/mol. The number of halogens is 2. The second kappa shape index (κ2) is 8.70. The molecule has 1 aliphatic heterocycles. The van der Waals surface area contributed by atoms with Gasteiger partial charge in [0.1, 0.15) is 0 Å². The number of benzene rings is 2. The minimum absolute atomic E-state index is 0.0443. The van der Waals surface area contributed by atoms with Crippen LogP contribution in [0.1, 0.15) is 11.1 Å². The molecular formula is C20H23F2N3O2. The zero-order chi connectivity index (χ0) is 19.2. The lowest BCUT2D eigenvalue weighted by Gasteiger charge is -2.22. The Hall–Kier alpha value is -2.83. The van der Waals surface area contributed by atoms with E-state index in [0.29, 0.717) is 13.0 Å². The van der Waals surface area contributed by atoms with Crippen LogP contribution in [0, 0.1) is 0 Å². The van der Waals surface area contributed by atoms with Gasteiger partial charge in [0.25, 0.3) is 0 Å². The van der Waals surface area contributed by atoms with E-state index in [1.54, 1.807) is 19.2 Å². The molecule has 0 spiro atoms. The molecule has 2 aromatic carbocycles. The second-order valence-electron chi connectivity index (χ2n) is 6.12. The van der Waals surface area contributed by atoms with E-state index in [2.05, 4.69) is 32.1 Å². The molecule has 7 heteroatoms. The molecule has 0 aliphatic carbocycles. The SMILES string of the molecule is CN=C(NCCc1ccc(OC)c(OC(F)F)c1)N1CCc2ccccc21. The Morgan fingerprint density at radius 1 is 1.22 bits per heavy atom. The number of aliphatic imine (C=N–C) groups is 1. The topological polar surface area (TPSA) is 46.1 Å². The summed E-state index contributed by atoms with van der Waals surface area (Å²) >= 11 is 0. The van der Waals surface area contributed by atoms with Crippen LogP contribution in [0.5, 0.6) is 11.5 Å². The highest BCUT2D eigenvalue weighted by Crippen LogP contribution is 2.30. The highest BCUT2D eigenvalue weighted by Gasteiger charge is 2.22. The van der Waals surface area contributed by atoms with E-state index >= 15 is 0 Å². The summed E-state index contributed by atoms with van der Waals surface area (Å²) in [6.07, 6.45) is 1.63. The van der Waals surface area contributed by atoms with Crippen molar-refractivity contribution in [2.24, 2.45) is 4.99 Å². The Kier molecular flexibility index (Phi) is 6.11. The molecule has 0 bridgehead atoms. The fourth-order valence-corrected chi connectivity index (χ4v) is 3.24. The predicted octanol–water partition coefficient (Wildman–Crippen LogP) is 3.48. The number of para-hydroxylation sites is 1. The standard InChI is InChI=1S/C20H23F2N3O2/c1-23-20(25-12-10-15-5-3-4-6-16(15)25)24-11-9-14-7-8-17(26-2)18(13-14)27-19(21)22/h3-8,13,19H,9-12H2,1-2H3,(H,23,24). The number of ether oxygens (including phenoxy) is 2. The number of alkyl halides is 2. The molecule has 0 aromatic heterocycles. The Balaban J connectivity index is 1.62. The molecule has 0 atom stereocenters. The minimum atomic E-state index is -2.89. The molecule has 0 saturated carbocycles. The van der Waals surface area contributed by atoms with Crippen molar-refractivity contribution in [2.75, 3.05) is 32.1 Å². The molecule has 0 fully saturated rings. The fourth-order valence-electron chi connectivity index (χ4n) is 3.24. The van der Waals surface area contributed by atoms with Crippen LogP contribution in [-0.4, -0.2) is 39.8 Å². The smallest absolute Gasteiger partial charge is 0.387 e. The molecule has 27 heavy (non-hydrogen) atoms. The molecule has 1 heterocycles. The maximum Gasteiger partial charge on any atom is 0.387 e. The molecule has 5 nitrogen and oxygen atoms in total. The number of methoxy groups -OCH3 is 1. The number of nitrogens with zero attached hydrogens (tertiary/aromatic N) is 2. The van der Waals surface area contributed by atoms with Crippen molar-refractivity contribution in [3.63, 3.8) is 0 Å². The lowest BCUT2D eigenvalue weighted by atomic mass is 10.1. The summed E-state index contributed by atoms with van der Waals surface area (Å²) < 4.78 is 34.7. The molecule has 3 rings (SSSR count). The fraction of sp³-hybridized carbons (Fsp3) is 0.350. The van der Waals surface area contributed by atoms with Crippen molar-refractivity contribution >= 4 is 11.6 Å². The molecule has 2 aromatic rings. The van der Waals surface area contributed by atoms with Gasteiger partial charge >= 0.3 is 6.61 Å². The van der Waals surface area contributed by atoms with Crippen molar-refractivity contribution < 1.29 is 18.3 Å². The van der Waals surface area contributed by atoms with Gasteiger partial charge in [-0.25, -0.2) is 0 Å². The summed E-state index contributed by atoms with van der Waals surface area (Å²) in [6.45, 7) is -1.39. The van der Waals surface area contributed by atoms with Crippen LogP contribution in [0.4, 0.5) is 14.5 Å². The zero-order valence-electron chi connectivity index (χ0n) is 15.4. The number of hydrogen-bond acceptors (Lipinski definition) is 3. The summed E-state index contributed by atoms with van der Waals surface area (Å²) in [7, 11) is 3.18. The summed E-state index contributed by atoms with van der Waals surface area (Å²) in [6, 6.07) is 13.3. The Labute approximate surface area is 157 Å². The quantitative estimate of drug-likeness (QED) is 0.620. The monoisotopic (exact) mass is 375 g/mol. The Morgan fingerprint density at radius 3 is 2.78 bits per heavy atom. The van der Waals surface area contributed by atoms with Gasteiger partial charge in [0, 0.05) is 25.8 Å². The minimum Gasteiger partial charge on any atom is -0.493 e. The number of guanidine groups is 1. The van der Waals surface area contributed by atoms with Crippen LogP contribution in [0.15, 0.2) is 47.5 Å². The van der Waals surface area contributed by atoms with Gasteiger partial charge in [0.15, 0.2) is 17.5 Å². The van der Waals surface area contributed by atoms with Crippen LogP contribution in [0.2, 0.25) is 0 Å². The first-order chi connectivity index (χ1) is 13.1. The van der Waals surface area contributed by atoms with Crippen molar-refractivity contribution in [1.29, 1.82) is 0 Å². The van der Waals surface area contributed by atoms with Gasteiger partial charge in [0.05, 0.1) is 7.11 Å². The summed E-state index contributed by atoms with van der Waals surface area (Å²) in [5.74, 6) is 1.14. The average Bonchev–Trinajstić information content (AvgIpc) is 3.09. The maximum absolute atomic E-state index is 12.6. The van der Waals surface area contributed by atoms with Crippen LogP contribution in [0.25, 0.3) is 0 Å². The molecule has 1 N–H and O–H groups in total. The van der Waals surface area contributed by atoms with Crippen molar-refractivity contribution in [3.05, 3.63) is 53.6 Å². The van der Waals surface area contributed by atoms with E-state index < -0.39 is 6.61 Å². The summed E-state index contributed by atoms with van der Waals surface area (Å²) in [5, 5.41) is 3.35. The highest BCUT2D eigenvalue weighted by atomic mass is 19.3. The highest BCUT2D eigenvalue weighted by molar-refractivity contribution is 5.97. The third-order valence-electron chi connectivity index (χ3n) is 4.50. The lowest BCUT2D eigenvalue weighted by Crippen LogP contribution is -2.41. The molecule has 0 amide bonds. The lowest BCUT2D eigenvalue weighted by molar-refractivity contribution is -0.0512. The van der Waals surface area contributed by atoms with Gasteiger partial charge in [-0.15, -0.1) is 0 Å². The van der Waals surface area contributed by atoms with Gasteiger partial charge in [-0.2, -0.15) is 8.78 Å². The van der Waals surface area contributed by atoms with E-state index in [-0.39, 0.29) is 11.5 Å². The number of rotatable bonds is 6. The first kappa shape index (κ1) is 18.9. The van der Waals surface area contributed by atoms with Crippen LogP contribution >= 0.6 is 0 Å². The van der Waals surface area contributed by atoms with E-state index in [4.69, 9.17) is 4.74 Å². The van der Waals surface area contributed by atoms with Crippen molar-refractivity contribution in [1.82, 2.24) is 5.32 Å². The van der Waals surface area contributed by atoms with Crippen molar-refractivity contribution in [2.45, 2.75) is 19.5 Å². The third kappa shape index (κ3) is 4.48. The Bertz CT molecular complexity index is 812. The molecule has 144 valence electrons. The molecule has 0 unspecified atom stereocenters. The van der Waals surface area contributed by atoms with Crippen molar-refractivity contribution in [3.8, 4) is 11.5 Å². The number of fused-ring (bicyclic) bond motifs is 1. The van der Waals surface area contributed by atoms with Crippen LogP contribution in [-0.2, 0) is 12.8 Å².